The Morgan fingerprint density at radius 3 is 3.10 bits per heavy atom. The van der Waals surface area contributed by atoms with E-state index in [2.05, 4.69) is 10.3 Å². The third-order valence-electron chi connectivity index (χ3n) is 3.11. The summed E-state index contributed by atoms with van der Waals surface area (Å²) in [5.41, 5.74) is 0.600. The van der Waals surface area contributed by atoms with Crippen LogP contribution in [-0.2, 0) is 11.2 Å². The van der Waals surface area contributed by atoms with Gasteiger partial charge in [0.2, 0.25) is 0 Å². The van der Waals surface area contributed by atoms with Gasteiger partial charge in [-0.25, -0.2) is 9.78 Å². The van der Waals surface area contributed by atoms with Crippen LogP contribution in [0.2, 0.25) is 0 Å². The monoisotopic (exact) mass is 308 g/mol. The van der Waals surface area contributed by atoms with Crippen LogP contribution in [0, 0.1) is 0 Å². The number of carbonyl (C=O) groups is 2. The van der Waals surface area contributed by atoms with E-state index in [4.69, 9.17) is 14.3 Å². The van der Waals surface area contributed by atoms with Crippen molar-refractivity contribution in [3.05, 3.63) is 34.7 Å². The highest BCUT2D eigenvalue weighted by Crippen LogP contribution is 2.37. The fraction of sp³-hybridized carbons (Fsp3) is 0.308. The van der Waals surface area contributed by atoms with Gasteiger partial charge in [0.05, 0.1) is 12.0 Å². The summed E-state index contributed by atoms with van der Waals surface area (Å²) in [5.74, 6) is -0.191. The maximum absolute atomic E-state index is 11.9. The minimum absolute atomic E-state index is 0.196. The molecule has 1 aliphatic rings. The Balaban J connectivity index is 1.78. The summed E-state index contributed by atoms with van der Waals surface area (Å²) >= 11 is 1.33. The van der Waals surface area contributed by atoms with Crippen LogP contribution in [-0.4, -0.2) is 22.2 Å². The second-order valence-corrected chi connectivity index (χ2v) is 5.61. The number of rotatable bonds is 3. The molecule has 0 aromatic carbocycles. The van der Waals surface area contributed by atoms with Crippen LogP contribution >= 0.6 is 11.3 Å². The number of carbonyl (C=O) groups excluding carboxylic acids is 1. The zero-order valence-electron chi connectivity index (χ0n) is 10.9. The van der Waals surface area contributed by atoms with Crippen LogP contribution in [0.4, 0.5) is 9.93 Å². The highest BCUT2D eigenvalue weighted by molar-refractivity contribution is 7.15. The molecule has 1 amide bonds. The number of aromatic nitrogens is 1. The minimum atomic E-state index is -1.32. The average molecular weight is 308 g/mol. The first-order valence-corrected chi connectivity index (χ1v) is 7.19. The number of carboxylic acid groups (broad SMARTS) is 1. The Morgan fingerprint density at radius 1 is 1.52 bits per heavy atom. The second kappa shape index (κ2) is 5.57. The van der Waals surface area contributed by atoms with E-state index in [0.29, 0.717) is 17.2 Å². The van der Waals surface area contributed by atoms with Gasteiger partial charge in [0.15, 0.2) is 10.9 Å². The van der Waals surface area contributed by atoms with Crippen LogP contribution < -0.4 is 5.32 Å². The lowest BCUT2D eigenvalue weighted by atomic mass is 10.0. The van der Waals surface area contributed by atoms with Gasteiger partial charge in [0, 0.05) is 4.88 Å². The van der Waals surface area contributed by atoms with E-state index >= 15 is 0 Å². The number of ether oxygens (including phenoxy) is 1. The number of aryl methyl sites for hydroxylation is 1. The highest BCUT2D eigenvalue weighted by atomic mass is 32.1. The van der Waals surface area contributed by atoms with Crippen molar-refractivity contribution in [2.45, 2.75) is 25.4 Å². The summed E-state index contributed by atoms with van der Waals surface area (Å²) in [7, 11) is 0. The summed E-state index contributed by atoms with van der Waals surface area (Å²) in [6.45, 7) is 0. The molecule has 1 aliphatic carbocycles. The molecular weight excluding hydrogens is 296 g/mol. The highest BCUT2D eigenvalue weighted by Gasteiger charge is 2.28. The van der Waals surface area contributed by atoms with Crippen LogP contribution in [0.25, 0.3) is 0 Å². The lowest BCUT2D eigenvalue weighted by Crippen LogP contribution is -2.15. The van der Waals surface area contributed by atoms with E-state index in [1.54, 1.807) is 12.1 Å². The SMILES string of the molecule is O=C(O)OC1CCCc2sc(NC(=O)c3ccco3)nc21. The second-order valence-electron chi connectivity index (χ2n) is 4.52. The first-order chi connectivity index (χ1) is 10.1. The van der Waals surface area contributed by atoms with Crippen molar-refractivity contribution < 1.29 is 23.8 Å². The standard InChI is InChI=1S/C13H12N2O5S/c16-11(8-4-2-6-19-8)15-12-14-10-7(20-13(17)18)3-1-5-9(10)21-12/h2,4,6-7H,1,3,5H2,(H,17,18)(H,14,15,16). The Hall–Kier alpha value is -2.35. The molecule has 0 saturated carbocycles. The van der Waals surface area contributed by atoms with E-state index in [0.717, 1.165) is 17.7 Å². The summed E-state index contributed by atoms with van der Waals surface area (Å²) in [4.78, 5) is 27.8. The molecular formula is C13H12N2O5S. The number of fused-ring (bicyclic) bond motifs is 1. The topological polar surface area (TPSA) is 102 Å². The van der Waals surface area contributed by atoms with Gasteiger partial charge < -0.3 is 14.3 Å². The number of furan rings is 1. The molecule has 0 fully saturated rings. The zero-order chi connectivity index (χ0) is 14.8. The van der Waals surface area contributed by atoms with Gasteiger partial charge in [-0.15, -0.1) is 11.3 Å². The number of hydrogen-bond acceptors (Lipinski definition) is 6. The number of amides is 1. The number of nitrogens with one attached hydrogen (secondary N) is 1. The zero-order valence-corrected chi connectivity index (χ0v) is 11.7. The summed E-state index contributed by atoms with van der Waals surface area (Å²) in [6, 6.07) is 3.18. The van der Waals surface area contributed by atoms with Gasteiger partial charge in [-0.05, 0) is 31.4 Å². The molecule has 8 heteroatoms. The van der Waals surface area contributed by atoms with Gasteiger partial charge in [-0.2, -0.15) is 0 Å². The molecule has 1 atom stereocenters. The lowest BCUT2D eigenvalue weighted by Gasteiger charge is -2.19. The van der Waals surface area contributed by atoms with Crippen molar-refractivity contribution >= 4 is 28.5 Å². The summed E-state index contributed by atoms with van der Waals surface area (Å²) < 4.78 is 9.84. The Kier molecular flexibility index (Phi) is 3.61. The number of hydrogen-bond donors (Lipinski definition) is 2. The smallest absolute Gasteiger partial charge is 0.459 e. The third kappa shape index (κ3) is 2.89. The van der Waals surface area contributed by atoms with Crippen LogP contribution in [0.3, 0.4) is 0 Å². The van der Waals surface area contributed by atoms with Crippen LogP contribution in [0.5, 0.6) is 0 Å². The molecule has 0 bridgehead atoms. The molecule has 2 aromatic heterocycles. The van der Waals surface area contributed by atoms with Crippen molar-refractivity contribution in [2.24, 2.45) is 0 Å². The molecule has 2 aromatic rings. The normalized spacial score (nSPS) is 17.0. The predicted molar refractivity (Wildman–Crippen MR) is 73.6 cm³/mol. The number of nitrogens with zero attached hydrogens (tertiary/aromatic N) is 1. The molecule has 21 heavy (non-hydrogen) atoms. The van der Waals surface area contributed by atoms with Crippen molar-refractivity contribution in [3.8, 4) is 0 Å². The van der Waals surface area contributed by atoms with Crippen LogP contribution in [0.15, 0.2) is 22.8 Å². The van der Waals surface area contributed by atoms with Crippen molar-refractivity contribution in [3.63, 3.8) is 0 Å². The average Bonchev–Trinajstić information content (AvgIpc) is 3.06. The van der Waals surface area contributed by atoms with E-state index in [9.17, 15) is 9.59 Å². The fourth-order valence-corrected chi connectivity index (χ4v) is 3.28. The first-order valence-electron chi connectivity index (χ1n) is 6.37. The van der Waals surface area contributed by atoms with Gasteiger partial charge in [0.25, 0.3) is 5.91 Å². The summed E-state index contributed by atoms with van der Waals surface area (Å²) in [6.07, 6.45) is 1.79. The third-order valence-corrected chi connectivity index (χ3v) is 4.16. The van der Waals surface area contributed by atoms with Crippen molar-refractivity contribution in [2.75, 3.05) is 5.32 Å². The number of thiazole rings is 1. The van der Waals surface area contributed by atoms with E-state index < -0.39 is 12.3 Å². The van der Waals surface area contributed by atoms with Gasteiger partial charge in [0.1, 0.15) is 6.10 Å². The molecule has 2 heterocycles. The number of anilines is 1. The van der Waals surface area contributed by atoms with E-state index in [1.165, 1.54) is 17.6 Å². The Labute approximate surface area is 123 Å². The molecule has 0 radical (unpaired) electrons. The maximum Gasteiger partial charge on any atom is 0.506 e. The molecule has 7 nitrogen and oxygen atoms in total. The first kappa shape index (κ1) is 13.6. The van der Waals surface area contributed by atoms with Crippen LogP contribution in [0.1, 0.15) is 40.1 Å². The maximum atomic E-state index is 11.9. The van der Waals surface area contributed by atoms with Gasteiger partial charge >= 0.3 is 6.16 Å². The largest absolute Gasteiger partial charge is 0.506 e. The molecule has 0 spiro atoms. The molecule has 2 N–H and O–H groups in total. The Bertz CT molecular complexity index is 664. The molecule has 3 rings (SSSR count). The quantitative estimate of drug-likeness (QED) is 0.845. The van der Waals surface area contributed by atoms with Gasteiger partial charge in [-0.1, -0.05) is 0 Å². The predicted octanol–water partition coefficient (Wildman–Crippen LogP) is 3.06. The Morgan fingerprint density at radius 2 is 2.38 bits per heavy atom. The summed E-state index contributed by atoms with van der Waals surface area (Å²) in [5, 5.41) is 11.8. The fourth-order valence-electron chi connectivity index (χ4n) is 2.24. The minimum Gasteiger partial charge on any atom is -0.459 e. The van der Waals surface area contributed by atoms with Gasteiger partial charge in [-0.3, -0.25) is 10.1 Å². The van der Waals surface area contributed by atoms with E-state index in [1.807, 2.05) is 0 Å². The van der Waals surface area contributed by atoms with Crippen molar-refractivity contribution in [1.82, 2.24) is 4.98 Å². The molecule has 110 valence electrons. The van der Waals surface area contributed by atoms with E-state index in [-0.39, 0.29) is 11.7 Å². The van der Waals surface area contributed by atoms with Crippen molar-refractivity contribution in [1.29, 1.82) is 0 Å². The molecule has 0 aliphatic heterocycles. The molecule has 1 unspecified atom stereocenters. The molecule has 0 saturated heterocycles. The lowest BCUT2D eigenvalue weighted by molar-refractivity contribution is 0.0424.